The summed E-state index contributed by atoms with van der Waals surface area (Å²) in [7, 11) is 0. The molecule has 0 radical (unpaired) electrons. The topological polar surface area (TPSA) is 33.1 Å². The second-order valence-corrected chi connectivity index (χ2v) is 7.71. The van der Waals surface area contributed by atoms with Crippen molar-refractivity contribution < 1.29 is 5.11 Å². The summed E-state index contributed by atoms with van der Waals surface area (Å²) in [6.07, 6.45) is 4.84. The number of pyridine rings is 1. The maximum atomic E-state index is 11.1. The minimum absolute atomic E-state index is 0.325. The van der Waals surface area contributed by atoms with Crippen LogP contribution in [0.4, 0.5) is 0 Å². The van der Waals surface area contributed by atoms with Crippen LogP contribution in [-0.4, -0.2) is 16.2 Å². The van der Waals surface area contributed by atoms with Gasteiger partial charge in [0.2, 0.25) is 0 Å². The number of hydrogen-bond acceptors (Lipinski definition) is 2. The van der Waals surface area contributed by atoms with Gasteiger partial charge in [0.15, 0.2) is 0 Å². The highest BCUT2D eigenvalue weighted by Crippen LogP contribution is 2.39. The van der Waals surface area contributed by atoms with Crippen LogP contribution >= 0.6 is 11.6 Å². The largest absolute Gasteiger partial charge is 0.388 e. The summed E-state index contributed by atoms with van der Waals surface area (Å²) in [6.45, 7) is 6.06. The summed E-state index contributed by atoms with van der Waals surface area (Å²) in [6, 6.07) is 15.9. The van der Waals surface area contributed by atoms with Gasteiger partial charge < -0.3 is 5.11 Å². The van der Waals surface area contributed by atoms with Gasteiger partial charge in [-0.15, -0.1) is 0 Å². The number of rotatable bonds is 3. The van der Waals surface area contributed by atoms with Gasteiger partial charge in [-0.2, -0.15) is 0 Å². The second-order valence-electron chi connectivity index (χ2n) is 7.30. The summed E-state index contributed by atoms with van der Waals surface area (Å²) in [5.74, 6) is 0. The van der Waals surface area contributed by atoms with E-state index in [1.54, 1.807) is 12.4 Å². The molecule has 0 aliphatic carbocycles. The summed E-state index contributed by atoms with van der Waals surface area (Å²) in [4.78, 5) is 4.18. The average molecular weight is 352 g/mol. The van der Waals surface area contributed by atoms with E-state index in [0.717, 1.165) is 27.5 Å². The lowest BCUT2D eigenvalue weighted by Crippen LogP contribution is -2.27. The van der Waals surface area contributed by atoms with Gasteiger partial charge in [0, 0.05) is 23.0 Å². The van der Waals surface area contributed by atoms with Crippen LogP contribution in [0.3, 0.4) is 0 Å². The predicted octanol–water partition coefficient (Wildman–Crippen LogP) is 5.84. The quantitative estimate of drug-likeness (QED) is 0.643. The molecule has 0 spiro atoms. The number of nitrogens with zero attached hydrogens (tertiary/aromatic N) is 1. The van der Waals surface area contributed by atoms with Gasteiger partial charge in [-0.3, -0.25) is 4.98 Å². The van der Waals surface area contributed by atoms with Crippen molar-refractivity contribution in [2.75, 3.05) is 0 Å². The Hall–Kier alpha value is -2.16. The zero-order valence-electron chi connectivity index (χ0n) is 14.7. The molecule has 3 heteroatoms. The first-order valence-electron chi connectivity index (χ1n) is 8.35. The van der Waals surface area contributed by atoms with E-state index in [2.05, 4.69) is 11.1 Å². The number of aromatic nitrogens is 1. The molecule has 2 nitrogen and oxygen atoms in total. The van der Waals surface area contributed by atoms with Crippen LogP contribution < -0.4 is 0 Å². The first-order valence-corrected chi connectivity index (χ1v) is 8.73. The molecule has 1 atom stereocenters. The lowest BCUT2D eigenvalue weighted by molar-refractivity contribution is 0.115. The van der Waals surface area contributed by atoms with Crippen molar-refractivity contribution >= 4 is 34.0 Å². The van der Waals surface area contributed by atoms with E-state index in [-0.39, 0.29) is 5.41 Å². The Balaban J connectivity index is 2.30. The molecule has 0 saturated carbocycles. The first-order chi connectivity index (χ1) is 11.9. The van der Waals surface area contributed by atoms with Crippen molar-refractivity contribution in [1.29, 1.82) is 0 Å². The Morgan fingerprint density at radius 2 is 1.84 bits per heavy atom. The van der Waals surface area contributed by atoms with Gasteiger partial charge in [-0.25, -0.2) is 0 Å². The van der Waals surface area contributed by atoms with Crippen molar-refractivity contribution in [3.8, 4) is 0 Å². The molecule has 1 aromatic heterocycles. The molecule has 1 N–H and O–H groups in total. The van der Waals surface area contributed by atoms with Gasteiger partial charge in [0.05, 0.1) is 6.10 Å². The van der Waals surface area contributed by atoms with Crippen LogP contribution in [0.1, 0.15) is 31.9 Å². The van der Waals surface area contributed by atoms with Crippen LogP contribution in [0.2, 0.25) is 5.02 Å². The number of aliphatic hydroxyl groups is 1. The third-order valence-corrected chi connectivity index (χ3v) is 4.60. The third kappa shape index (κ3) is 3.76. The smallest absolute Gasteiger partial charge is 0.0845 e. The normalized spacial score (nSPS) is 13.9. The zero-order chi connectivity index (χ0) is 18.0. The minimum Gasteiger partial charge on any atom is -0.388 e. The first kappa shape index (κ1) is 17.7. The number of hydrogen-bond donors (Lipinski definition) is 1. The van der Waals surface area contributed by atoms with Gasteiger partial charge >= 0.3 is 0 Å². The van der Waals surface area contributed by atoms with Crippen LogP contribution in [-0.2, 0) is 0 Å². The zero-order valence-corrected chi connectivity index (χ0v) is 15.5. The van der Waals surface area contributed by atoms with Gasteiger partial charge in [0.1, 0.15) is 0 Å². The monoisotopic (exact) mass is 351 g/mol. The van der Waals surface area contributed by atoms with Crippen molar-refractivity contribution in [2.45, 2.75) is 26.9 Å². The highest BCUT2D eigenvalue weighted by atomic mass is 35.5. The average Bonchev–Trinajstić information content (AvgIpc) is 2.60. The molecule has 3 rings (SSSR count). The third-order valence-electron chi connectivity index (χ3n) is 4.29. The maximum absolute atomic E-state index is 11.1. The van der Waals surface area contributed by atoms with Crippen molar-refractivity contribution in [2.24, 2.45) is 5.41 Å². The lowest BCUT2D eigenvalue weighted by atomic mass is 9.80. The van der Waals surface area contributed by atoms with E-state index in [1.807, 2.05) is 69.3 Å². The molecular weight excluding hydrogens is 330 g/mol. The van der Waals surface area contributed by atoms with Crippen LogP contribution in [0, 0.1) is 5.41 Å². The van der Waals surface area contributed by atoms with Gasteiger partial charge in [-0.1, -0.05) is 68.8 Å². The van der Waals surface area contributed by atoms with Gasteiger partial charge in [0.25, 0.3) is 0 Å². The molecule has 0 aliphatic heterocycles. The molecule has 0 aliphatic rings. The van der Waals surface area contributed by atoms with Gasteiger partial charge in [-0.05, 0) is 45.5 Å². The summed E-state index contributed by atoms with van der Waals surface area (Å²) >= 11 is 6.59. The molecule has 128 valence electrons. The molecule has 1 unspecified atom stereocenters. The Bertz CT molecular complexity index is 910. The number of halogens is 1. The van der Waals surface area contributed by atoms with Crippen molar-refractivity contribution in [3.63, 3.8) is 0 Å². The van der Waals surface area contributed by atoms with E-state index < -0.39 is 6.10 Å². The SMILES string of the molecule is CC(C)(C)C(O)C(=Cc1cccnc1)c1c(Cl)ccc2ccccc12. The molecule has 3 aromatic rings. The fourth-order valence-corrected chi connectivity index (χ4v) is 3.21. The summed E-state index contributed by atoms with van der Waals surface area (Å²) in [5.41, 5.74) is 2.30. The number of fused-ring (bicyclic) bond motifs is 1. The summed E-state index contributed by atoms with van der Waals surface area (Å²) < 4.78 is 0. The lowest BCUT2D eigenvalue weighted by Gasteiger charge is -2.29. The molecular formula is C22H22ClNO. The molecule has 2 aromatic carbocycles. The van der Waals surface area contributed by atoms with Crippen LogP contribution in [0.15, 0.2) is 60.9 Å². The van der Waals surface area contributed by atoms with Crippen molar-refractivity contribution in [1.82, 2.24) is 4.98 Å². The Morgan fingerprint density at radius 1 is 1.08 bits per heavy atom. The molecule has 0 amide bonds. The van der Waals surface area contributed by atoms with E-state index >= 15 is 0 Å². The Kier molecular flexibility index (Phi) is 4.94. The number of aliphatic hydroxyl groups excluding tert-OH is 1. The predicted molar refractivity (Wildman–Crippen MR) is 107 cm³/mol. The highest BCUT2D eigenvalue weighted by Gasteiger charge is 2.28. The van der Waals surface area contributed by atoms with E-state index in [4.69, 9.17) is 11.6 Å². The fraction of sp³-hybridized carbons (Fsp3) is 0.227. The minimum atomic E-state index is -0.670. The highest BCUT2D eigenvalue weighted by molar-refractivity contribution is 6.34. The number of benzene rings is 2. The molecule has 0 bridgehead atoms. The Morgan fingerprint density at radius 3 is 2.52 bits per heavy atom. The second kappa shape index (κ2) is 6.99. The fourth-order valence-electron chi connectivity index (χ4n) is 2.93. The molecule has 0 saturated heterocycles. The summed E-state index contributed by atoms with van der Waals surface area (Å²) in [5, 5.41) is 13.9. The van der Waals surface area contributed by atoms with E-state index in [9.17, 15) is 5.11 Å². The Labute approximate surface area is 153 Å². The standard InChI is InChI=1S/C22H22ClNO/c1-22(2,3)21(25)18(13-15-7-6-12-24-14-15)20-17-9-5-4-8-16(17)10-11-19(20)23/h4-14,21,25H,1-3H3. The molecule has 1 heterocycles. The molecule has 0 fully saturated rings. The van der Waals surface area contributed by atoms with E-state index in [0.29, 0.717) is 5.02 Å². The van der Waals surface area contributed by atoms with E-state index in [1.165, 1.54) is 0 Å². The molecule has 25 heavy (non-hydrogen) atoms. The van der Waals surface area contributed by atoms with Crippen LogP contribution in [0.5, 0.6) is 0 Å². The maximum Gasteiger partial charge on any atom is 0.0845 e. The van der Waals surface area contributed by atoms with Crippen molar-refractivity contribution in [3.05, 3.63) is 77.1 Å². The van der Waals surface area contributed by atoms with Crippen LogP contribution in [0.25, 0.3) is 22.4 Å².